The number of hydrogen-bond donors (Lipinski definition) is 0. The zero-order valence-corrected chi connectivity index (χ0v) is 19.2. The molecule has 164 valence electrons. The number of fused-ring (bicyclic) bond motifs is 2. The van der Waals surface area contributed by atoms with Crippen molar-refractivity contribution in [2.75, 3.05) is 0 Å². The van der Waals surface area contributed by atoms with E-state index in [4.69, 9.17) is 4.42 Å². The first-order valence-electron chi connectivity index (χ1n) is 12.0. The molecule has 0 aliphatic rings. The lowest BCUT2D eigenvalue weighted by Gasteiger charge is -2.15. The number of benzene rings is 6. The predicted molar refractivity (Wildman–Crippen MR) is 147 cm³/mol. The first-order chi connectivity index (χ1) is 17.2. The van der Waals surface area contributed by atoms with Gasteiger partial charge in [-0.2, -0.15) is 0 Å². The van der Waals surface area contributed by atoms with Crippen LogP contribution in [0.2, 0.25) is 0 Å². The summed E-state index contributed by atoms with van der Waals surface area (Å²) in [7, 11) is 2.15. The Labute approximate surface area is 202 Å². The summed E-state index contributed by atoms with van der Waals surface area (Å²) in [5.74, 6) is 0.917. The Hall–Kier alpha value is -4.56. The molecule has 0 spiro atoms. The molecule has 0 aliphatic heterocycles. The summed E-state index contributed by atoms with van der Waals surface area (Å²) in [6, 6.07) is 39.4. The van der Waals surface area contributed by atoms with Crippen LogP contribution in [-0.2, 0) is 7.05 Å². The minimum atomic E-state index is 0.917. The minimum absolute atomic E-state index is 0.917. The van der Waals surface area contributed by atoms with E-state index >= 15 is 0 Å². The Bertz CT molecular complexity index is 2020. The van der Waals surface area contributed by atoms with Gasteiger partial charge in [0, 0.05) is 34.6 Å². The van der Waals surface area contributed by atoms with Gasteiger partial charge in [0.1, 0.15) is 11.3 Å². The molecule has 35 heavy (non-hydrogen) atoms. The highest BCUT2D eigenvalue weighted by molar-refractivity contribution is 6.26. The average molecular weight is 448 g/mol. The van der Waals surface area contributed by atoms with Crippen LogP contribution in [0.3, 0.4) is 0 Å². The van der Waals surface area contributed by atoms with E-state index in [1.165, 1.54) is 54.5 Å². The number of hydrogen-bond acceptors (Lipinski definition) is 1. The van der Waals surface area contributed by atoms with Crippen molar-refractivity contribution >= 4 is 54.2 Å². The summed E-state index contributed by atoms with van der Waals surface area (Å²) in [5, 5.41) is 10.1. The number of furan rings is 1. The van der Waals surface area contributed by atoms with Gasteiger partial charge in [0.15, 0.2) is 0 Å². The molecular formula is C33H21NO. The van der Waals surface area contributed by atoms with E-state index in [0.717, 1.165) is 22.3 Å². The molecule has 0 atom stereocenters. The quantitative estimate of drug-likeness (QED) is 0.242. The highest BCUT2D eigenvalue weighted by atomic mass is 16.3. The van der Waals surface area contributed by atoms with Gasteiger partial charge in [0.2, 0.25) is 0 Å². The zero-order valence-electron chi connectivity index (χ0n) is 19.2. The Balaban J connectivity index is 1.40. The molecule has 0 fully saturated rings. The second kappa shape index (κ2) is 6.74. The first kappa shape index (κ1) is 18.8. The summed E-state index contributed by atoms with van der Waals surface area (Å²) >= 11 is 0. The standard InChI is InChI=1S/C33H21NO/c1-34-28-8-4-2-6-21(28)18-29(34)25-16-23-11-10-20-12-14-26(27-15-13-24(17-25)32(23)33(20)27)31-19-22-7-3-5-9-30(22)35-31/h2-19H,1H3. The topological polar surface area (TPSA) is 18.1 Å². The Morgan fingerprint density at radius 1 is 0.571 bits per heavy atom. The maximum Gasteiger partial charge on any atom is 0.136 e. The van der Waals surface area contributed by atoms with Gasteiger partial charge in [-0.3, -0.25) is 0 Å². The van der Waals surface area contributed by atoms with Gasteiger partial charge in [0.05, 0.1) is 0 Å². The van der Waals surface area contributed by atoms with E-state index < -0.39 is 0 Å². The van der Waals surface area contributed by atoms with Gasteiger partial charge in [-0.15, -0.1) is 0 Å². The fourth-order valence-electron chi connectivity index (χ4n) is 5.86. The van der Waals surface area contributed by atoms with E-state index in [1.807, 2.05) is 12.1 Å². The highest BCUT2D eigenvalue weighted by Gasteiger charge is 2.16. The number of rotatable bonds is 2. The van der Waals surface area contributed by atoms with Crippen LogP contribution in [-0.4, -0.2) is 4.57 Å². The van der Waals surface area contributed by atoms with Crippen molar-refractivity contribution in [3.63, 3.8) is 0 Å². The smallest absolute Gasteiger partial charge is 0.136 e. The van der Waals surface area contributed by atoms with Crippen LogP contribution >= 0.6 is 0 Å². The Morgan fingerprint density at radius 3 is 2.11 bits per heavy atom. The Morgan fingerprint density at radius 2 is 1.29 bits per heavy atom. The minimum Gasteiger partial charge on any atom is -0.456 e. The van der Waals surface area contributed by atoms with E-state index in [-0.39, 0.29) is 0 Å². The monoisotopic (exact) mass is 447 g/mol. The van der Waals surface area contributed by atoms with Gasteiger partial charge in [-0.05, 0) is 80.3 Å². The Kier molecular flexibility index (Phi) is 3.62. The summed E-state index contributed by atoms with van der Waals surface area (Å²) in [6.07, 6.45) is 0. The molecule has 0 bridgehead atoms. The van der Waals surface area contributed by atoms with E-state index in [1.54, 1.807) is 0 Å². The molecule has 0 unspecified atom stereocenters. The zero-order chi connectivity index (χ0) is 23.1. The van der Waals surface area contributed by atoms with Gasteiger partial charge in [-0.1, -0.05) is 66.7 Å². The van der Waals surface area contributed by atoms with Gasteiger partial charge in [0.25, 0.3) is 0 Å². The summed E-state index contributed by atoms with van der Waals surface area (Å²) in [4.78, 5) is 0. The molecule has 2 aromatic heterocycles. The molecule has 2 heterocycles. The van der Waals surface area contributed by atoms with Gasteiger partial charge in [-0.25, -0.2) is 0 Å². The summed E-state index contributed by atoms with van der Waals surface area (Å²) in [6.45, 7) is 0. The lowest BCUT2D eigenvalue weighted by molar-refractivity contribution is 0.632. The van der Waals surface area contributed by atoms with Crippen molar-refractivity contribution in [3.8, 4) is 22.6 Å². The summed E-state index contributed by atoms with van der Waals surface area (Å²) < 4.78 is 8.55. The molecule has 2 nitrogen and oxygen atoms in total. The fraction of sp³-hybridized carbons (Fsp3) is 0.0303. The summed E-state index contributed by atoms with van der Waals surface area (Å²) in [5.41, 5.74) is 5.79. The molecule has 0 N–H and O–H groups in total. The number of nitrogens with zero attached hydrogens (tertiary/aromatic N) is 1. The maximum absolute atomic E-state index is 6.26. The molecule has 0 radical (unpaired) electrons. The second-order valence-corrected chi connectivity index (χ2v) is 9.48. The largest absolute Gasteiger partial charge is 0.456 e. The number of aromatic nitrogens is 1. The molecule has 2 heteroatoms. The molecule has 8 aromatic rings. The van der Waals surface area contributed by atoms with Crippen molar-refractivity contribution in [1.82, 2.24) is 4.57 Å². The maximum atomic E-state index is 6.26. The second-order valence-electron chi connectivity index (χ2n) is 9.48. The first-order valence-corrected chi connectivity index (χ1v) is 12.0. The third-order valence-electron chi connectivity index (χ3n) is 7.54. The van der Waals surface area contributed by atoms with Gasteiger partial charge >= 0.3 is 0 Å². The molecule has 0 aliphatic carbocycles. The van der Waals surface area contributed by atoms with Crippen LogP contribution < -0.4 is 0 Å². The van der Waals surface area contributed by atoms with Gasteiger partial charge < -0.3 is 8.98 Å². The normalized spacial score (nSPS) is 12.1. The van der Waals surface area contributed by atoms with Crippen LogP contribution in [0.1, 0.15) is 0 Å². The third kappa shape index (κ3) is 2.59. The molecule has 0 amide bonds. The SMILES string of the molecule is Cn1c(-c2cc3ccc4ccc(-c5cc6ccccc6o5)c5ccc(c2)c3c45)cc2ccccc21. The van der Waals surface area contributed by atoms with Crippen molar-refractivity contribution in [2.45, 2.75) is 0 Å². The highest BCUT2D eigenvalue weighted by Crippen LogP contribution is 2.42. The van der Waals surface area contributed by atoms with Crippen molar-refractivity contribution in [1.29, 1.82) is 0 Å². The van der Waals surface area contributed by atoms with Crippen LogP contribution in [0, 0.1) is 0 Å². The van der Waals surface area contributed by atoms with Crippen LogP contribution in [0.15, 0.2) is 114 Å². The average Bonchev–Trinajstić information content (AvgIpc) is 3.48. The van der Waals surface area contributed by atoms with Crippen molar-refractivity contribution < 1.29 is 4.42 Å². The van der Waals surface area contributed by atoms with Crippen LogP contribution in [0.5, 0.6) is 0 Å². The lowest BCUT2D eigenvalue weighted by Crippen LogP contribution is -1.92. The van der Waals surface area contributed by atoms with Crippen molar-refractivity contribution in [3.05, 3.63) is 109 Å². The molecule has 0 saturated heterocycles. The molecule has 6 aromatic carbocycles. The number of para-hydroxylation sites is 2. The molecule has 8 rings (SSSR count). The lowest BCUT2D eigenvalue weighted by atomic mass is 9.90. The van der Waals surface area contributed by atoms with Crippen LogP contribution in [0.25, 0.3) is 76.8 Å². The molecular weight excluding hydrogens is 426 g/mol. The van der Waals surface area contributed by atoms with Crippen molar-refractivity contribution in [2.24, 2.45) is 7.05 Å². The number of aryl methyl sites for hydroxylation is 1. The van der Waals surface area contributed by atoms with E-state index in [0.29, 0.717) is 0 Å². The van der Waals surface area contributed by atoms with E-state index in [9.17, 15) is 0 Å². The fourth-order valence-corrected chi connectivity index (χ4v) is 5.86. The predicted octanol–water partition coefficient (Wildman–Crippen LogP) is 9.16. The van der Waals surface area contributed by atoms with Crippen LogP contribution in [0.4, 0.5) is 0 Å². The molecule has 0 saturated carbocycles. The third-order valence-corrected chi connectivity index (χ3v) is 7.54. The van der Waals surface area contributed by atoms with E-state index in [2.05, 4.69) is 109 Å².